The fraction of sp³-hybridized carbons (Fsp3) is 0.385. The van der Waals surface area contributed by atoms with Crippen molar-refractivity contribution >= 4 is 29.3 Å². The summed E-state index contributed by atoms with van der Waals surface area (Å²) in [6.45, 7) is 0. The van der Waals surface area contributed by atoms with Crippen LogP contribution in [0.1, 0.15) is 36.0 Å². The first-order valence-corrected chi connectivity index (χ1v) is 6.55. The molecule has 0 spiro atoms. The van der Waals surface area contributed by atoms with E-state index in [1.54, 1.807) is 6.07 Å². The molecule has 0 bridgehead atoms. The molecular formula is C13H15ClN2O3. The van der Waals surface area contributed by atoms with Gasteiger partial charge in [-0.3, -0.25) is 0 Å². The van der Waals surface area contributed by atoms with Gasteiger partial charge in [0.05, 0.1) is 10.7 Å². The van der Waals surface area contributed by atoms with Crippen molar-refractivity contribution in [3.63, 3.8) is 0 Å². The Morgan fingerprint density at radius 3 is 2.58 bits per heavy atom. The lowest BCUT2D eigenvalue weighted by atomic mass is 10.2. The number of benzene rings is 1. The first-order chi connectivity index (χ1) is 9.08. The minimum absolute atomic E-state index is 0.0919. The predicted molar refractivity (Wildman–Crippen MR) is 72.8 cm³/mol. The van der Waals surface area contributed by atoms with Gasteiger partial charge >= 0.3 is 12.0 Å². The Labute approximate surface area is 116 Å². The van der Waals surface area contributed by atoms with E-state index in [2.05, 4.69) is 10.6 Å². The van der Waals surface area contributed by atoms with Gasteiger partial charge in [-0.25, -0.2) is 9.59 Å². The van der Waals surface area contributed by atoms with Gasteiger partial charge in [0, 0.05) is 6.04 Å². The Hall–Kier alpha value is -1.75. The van der Waals surface area contributed by atoms with Crippen molar-refractivity contribution in [2.75, 3.05) is 5.32 Å². The van der Waals surface area contributed by atoms with Crippen molar-refractivity contribution < 1.29 is 14.7 Å². The highest BCUT2D eigenvalue weighted by Gasteiger charge is 2.19. The molecule has 2 rings (SSSR count). The molecule has 0 aliphatic heterocycles. The zero-order valence-electron chi connectivity index (χ0n) is 10.3. The molecule has 2 amide bonds. The number of aromatic carboxylic acids is 1. The maximum absolute atomic E-state index is 11.8. The number of hydrogen-bond donors (Lipinski definition) is 3. The summed E-state index contributed by atoms with van der Waals surface area (Å²) in [6.07, 6.45) is 4.16. The number of carboxylic acid groups (broad SMARTS) is 1. The summed E-state index contributed by atoms with van der Waals surface area (Å²) < 4.78 is 0. The SMILES string of the molecule is O=C(Nc1cccc(Cl)c1C(=O)O)NC1CCCC1. The van der Waals surface area contributed by atoms with Crippen LogP contribution in [-0.4, -0.2) is 23.1 Å². The molecule has 1 aliphatic carbocycles. The van der Waals surface area contributed by atoms with Gasteiger partial charge in [-0.1, -0.05) is 30.5 Å². The second kappa shape index (κ2) is 5.93. The molecule has 6 heteroatoms. The summed E-state index contributed by atoms with van der Waals surface area (Å²) in [6, 6.07) is 4.37. The predicted octanol–water partition coefficient (Wildman–Crippen LogP) is 3.10. The standard InChI is InChI=1S/C13H15ClN2O3/c14-9-6-3-7-10(11(9)12(17)18)16-13(19)15-8-4-1-2-5-8/h3,6-8H,1-2,4-5H2,(H,17,18)(H2,15,16,19). The molecule has 0 radical (unpaired) electrons. The molecule has 0 unspecified atom stereocenters. The number of halogens is 1. The van der Waals surface area contributed by atoms with Crippen molar-refractivity contribution in [3.8, 4) is 0 Å². The molecular weight excluding hydrogens is 268 g/mol. The maximum Gasteiger partial charge on any atom is 0.339 e. The summed E-state index contributed by atoms with van der Waals surface area (Å²) in [5.74, 6) is -1.17. The Morgan fingerprint density at radius 1 is 1.26 bits per heavy atom. The number of hydrogen-bond acceptors (Lipinski definition) is 2. The lowest BCUT2D eigenvalue weighted by Gasteiger charge is -2.14. The highest BCUT2D eigenvalue weighted by Crippen LogP contribution is 2.24. The molecule has 3 N–H and O–H groups in total. The van der Waals surface area contributed by atoms with Crippen molar-refractivity contribution in [3.05, 3.63) is 28.8 Å². The third kappa shape index (κ3) is 3.38. The van der Waals surface area contributed by atoms with Crippen LogP contribution < -0.4 is 10.6 Å². The topological polar surface area (TPSA) is 78.4 Å². The number of urea groups is 1. The number of carboxylic acids is 1. The van der Waals surface area contributed by atoms with E-state index in [4.69, 9.17) is 16.7 Å². The normalized spacial score (nSPS) is 15.2. The van der Waals surface area contributed by atoms with E-state index in [1.165, 1.54) is 12.1 Å². The van der Waals surface area contributed by atoms with E-state index >= 15 is 0 Å². The quantitative estimate of drug-likeness (QED) is 0.797. The van der Waals surface area contributed by atoms with Crippen LogP contribution in [0.4, 0.5) is 10.5 Å². The van der Waals surface area contributed by atoms with Gasteiger partial charge < -0.3 is 15.7 Å². The average Bonchev–Trinajstić information content (AvgIpc) is 2.81. The minimum Gasteiger partial charge on any atom is -0.478 e. The number of nitrogens with one attached hydrogen (secondary N) is 2. The zero-order valence-corrected chi connectivity index (χ0v) is 11.0. The molecule has 1 aliphatic rings. The monoisotopic (exact) mass is 282 g/mol. The van der Waals surface area contributed by atoms with E-state index in [-0.39, 0.29) is 22.3 Å². The Bertz CT molecular complexity index is 499. The molecule has 0 aromatic heterocycles. The molecule has 5 nitrogen and oxygen atoms in total. The largest absolute Gasteiger partial charge is 0.478 e. The van der Waals surface area contributed by atoms with Gasteiger partial charge in [0.2, 0.25) is 0 Å². The minimum atomic E-state index is -1.17. The van der Waals surface area contributed by atoms with Crippen molar-refractivity contribution in [2.45, 2.75) is 31.7 Å². The zero-order chi connectivity index (χ0) is 13.8. The Balaban J connectivity index is 2.07. The lowest BCUT2D eigenvalue weighted by molar-refractivity contribution is 0.0698. The Morgan fingerprint density at radius 2 is 1.95 bits per heavy atom. The highest BCUT2D eigenvalue weighted by atomic mass is 35.5. The molecule has 19 heavy (non-hydrogen) atoms. The van der Waals surface area contributed by atoms with Crippen LogP contribution in [0.2, 0.25) is 5.02 Å². The summed E-state index contributed by atoms with van der Waals surface area (Å²) in [5.41, 5.74) is 0.112. The summed E-state index contributed by atoms with van der Waals surface area (Å²) in [7, 11) is 0. The van der Waals surface area contributed by atoms with Crippen LogP contribution in [0.25, 0.3) is 0 Å². The van der Waals surface area contributed by atoms with Crippen LogP contribution >= 0.6 is 11.6 Å². The molecule has 1 aromatic rings. The Kier molecular flexibility index (Phi) is 4.27. The van der Waals surface area contributed by atoms with Crippen LogP contribution in [0.3, 0.4) is 0 Å². The second-order valence-corrected chi connectivity index (χ2v) is 4.95. The molecule has 0 saturated heterocycles. The molecule has 1 aromatic carbocycles. The summed E-state index contributed by atoms with van der Waals surface area (Å²) >= 11 is 5.83. The van der Waals surface area contributed by atoms with Gasteiger partial charge in [-0.15, -0.1) is 0 Å². The van der Waals surface area contributed by atoms with E-state index in [1.807, 2.05) is 0 Å². The van der Waals surface area contributed by atoms with Crippen LogP contribution in [0, 0.1) is 0 Å². The fourth-order valence-electron chi connectivity index (χ4n) is 2.26. The van der Waals surface area contributed by atoms with E-state index in [0.29, 0.717) is 0 Å². The van der Waals surface area contributed by atoms with Gasteiger partial charge in [0.25, 0.3) is 0 Å². The number of carbonyl (C=O) groups is 2. The third-order valence-corrected chi connectivity index (χ3v) is 3.48. The first kappa shape index (κ1) is 13.7. The first-order valence-electron chi connectivity index (χ1n) is 6.17. The van der Waals surface area contributed by atoms with Gasteiger partial charge in [-0.2, -0.15) is 0 Å². The van der Waals surface area contributed by atoms with E-state index in [0.717, 1.165) is 25.7 Å². The molecule has 0 atom stereocenters. The van der Waals surface area contributed by atoms with E-state index in [9.17, 15) is 9.59 Å². The molecule has 1 fully saturated rings. The maximum atomic E-state index is 11.8. The number of amides is 2. The average molecular weight is 283 g/mol. The summed E-state index contributed by atoms with van der Waals surface area (Å²) in [4.78, 5) is 22.9. The van der Waals surface area contributed by atoms with Gasteiger partial charge in [-0.05, 0) is 25.0 Å². The summed E-state index contributed by atoms with van der Waals surface area (Å²) in [5, 5.41) is 14.6. The molecule has 0 heterocycles. The highest BCUT2D eigenvalue weighted by molar-refractivity contribution is 6.34. The van der Waals surface area contributed by atoms with Gasteiger partial charge in [0.1, 0.15) is 5.56 Å². The van der Waals surface area contributed by atoms with Crippen molar-refractivity contribution in [1.82, 2.24) is 5.32 Å². The molecule has 1 saturated carbocycles. The van der Waals surface area contributed by atoms with E-state index < -0.39 is 12.0 Å². The molecule has 102 valence electrons. The van der Waals surface area contributed by atoms with Crippen LogP contribution in [-0.2, 0) is 0 Å². The second-order valence-electron chi connectivity index (χ2n) is 4.55. The number of carbonyl (C=O) groups excluding carboxylic acids is 1. The van der Waals surface area contributed by atoms with Crippen LogP contribution in [0.5, 0.6) is 0 Å². The van der Waals surface area contributed by atoms with Gasteiger partial charge in [0.15, 0.2) is 0 Å². The van der Waals surface area contributed by atoms with Crippen molar-refractivity contribution in [1.29, 1.82) is 0 Å². The fourth-order valence-corrected chi connectivity index (χ4v) is 2.51. The van der Waals surface area contributed by atoms with Crippen molar-refractivity contribution in [2.24, 2.45) is 0 Å². The third-order valence-electron chi connectivity index (χ3n) is 3.17. The number of rotatable bonds is 3. The lowest BCUT2D eigenvalue weighted by Crippen LogP contribution is -2.36. The smallest absolute Gasteiger partial charge is 0.339 e. The van der Waals surface area contributed by atoms with Crippen LogP contribution in [0.15, 0.2) is 18.2 Å². The number of anilines is 1.